The van der Waals surface area contributed by atoms with Gasteiger partial charge in [0.2, 0.25) is 5.91 Å². The van der Waals surface area contributed by atoms with Gasteiger partial charge in [-0.2, -0.15) is 5.26 Å². The van der Waals surface area contributed by atoms with Crippen LogP contribution in [0.25, 0.3) is 0 Å². The van der Waals surface area contributed by atoms with Crippen LogP contribution >= 0.6 is 0 Å². The molecule has 0 heterocycles. The SMILES string of the molecule is N#CC1(C(=O)Nc2cccc(F)c2)CCCC1. The molecular weight excluding hydrogens is 219 g/mol. The van der Waals surface area contributed by atoms with Crippen molar-refractivity contribution >= 4 is 11.6 Å². The Morgan fingerprint density at radius 3 is 2.71 bits per heavy atom. The van der Waals surface area contributed by atoms with Gasteiger partial charge in [0.1, 0.15) is 11.2 Å². The van der Waals surface area contributed by atoms with Gasteiger partial charge in [0.15, 0.2) is 0 Å². The summed E-state index contributed by atoms with van der Waals surface area (Å²) in [7, 11) is 0. The maximum Gasteiger partial charge on any atom is 0.244 e. The Labute approximate surface area is 99.2 Å². The highest BCUT2D eigenvalue weighted by Gasteiger charge is 2.41. The summed E-state index contributed by atoms with van der Waals surface area (Å²) in [4.78, 5) is 12.0. The van der Waals surface area contributed by atoms with Crippen LogP contribution < -0.4 is 5.32 Å². The first-order valence-corrected chi connectivity index (χ1v) is 5.65. The van der Waals surface area contributed by atoms with Crippen molar-refractivity contribution in [2.45, 2.75) is 25.7 Å². The fourth-order valence-electron chi connectivity index (χ4n) is 2.19. The van der Waals surface area contributed by atoms with Crippen LogP contribution in [0.3, 0.4) is 0 Å². The zero-order valence-electron chi connectivity index (χ0n) is 9.37. The predicted molar refractivity (Wildman–Crippen MR) is 61.5 cm³/mol. The molecular formula is C13H13FN2O. The molecule has 0 radical (unpaired) electrons. The Balaban J connectivity index is 2.14. The van der Waals surface area contributed by atoms with E-state index in [4.69, 9.17) is 5.26 Å². The second-order valence-electron chi connectivity index (χ2n) is 4.37. The molecule has 0 spiro atoms. The van der Waals surface area contributed by atoms with Crippen molar-refractivity contribution < 1.29 is 9.18 Å². The summed E-state index contributed by atoms with van der Waals surface area (Å²) in [5, 5.41) is 11.7. The first kappa shape index (κ1) is 11.6. The number of nitriles is 1. The molecule has 1 aliphatic rings. The van der Waals surface area contributed by atoms with Crippen LogP contribution in [0.4, 0.5) is 10.1 Å². The third kappa shape index (κ3) is 2.28. The van der Waals surface area contributed by atoms with Crippen LogP contribution in [0.15, 0.2) is 24.3 Å². The van der Waals surface area contributed by atoms with Gasteiger partial charge < -0.3 is 5.32 Å². The first-order chi connectivity index (χ1) is 8.16. The molecule has 1 aromatic rings. The zero-order valence-corrected chi connectivity index (χ0v) is 9.37. The van der Waals surface area contributed by atoms with Crippen molar-refractivity contribution in [3.63, 3.8) is 0 Å². The number of benzene rings is 1. The number of halogens is 1. The van der Waals surface area contributed by atoms with Gasteiger partial charge in [0, 0.05) is 5.69 Å². The lowest BCUT2D eigenvalue weighted by Crippen LogP contribution is -2.32. The Morgan fingerprint density at radius 2 is 2.12 bits per heavy atom. The minimum absolute atomic E-state index is 0.317. The molecule has 1 amide bonds. The van der Waals surface area contributed by atoms with E-state index >= 15 is 0 Å². The number of hydrogen-bond donors (Lipinski definition) is 1. The molecule has 0 bridgehead atoms. The molecule has 88 valence electrons. The molecule has 1 aliphatic carbocycles. The predicted octanol–water partition coefficient (Wildman–Crippen LogP) is 2.85. The monoisotopic (exact) mass is 232 g/mol. The number of nitrogens with zero attached hydrogens (tertiary/aromatic N) is 1. The molecule has 0 atom stereocenters. The number of rotatable bonds is 2. The van der Waals surface area contributed by atoms with Crippen LogP contribution in [0.5, 0.6) is 0 Å². The van der Waals surface area contributed by atoms with Gasteiger partial charge in [-0.3, -0.25) is 4.79 Å². The lowest BCUT2D eigenvalue weighted by Gasteiger charge is -2.19. The molecule has 17 heavy (non-hydrogen) atoms. The molecule has 0 aromatic heterocycles. The molecule has 0 unspecified atom stereocenters. The molecule has 1 saturated carbocycles. The van der Waals surface area contributed by atoms with Gasteiger partial charge in [0.25, 0.3) is 0 Å². The summed E-state index contributed by atoms with van der Waals surface area (Å²) in [6, 6.07) is 7.80. The molecule has 1 aromatic carbocycles. The van der Waals surface area contributed by atoms with Crippen molar-refractivity contribution in [1.82, 2.24) is 0 Å². The average Bonchev–Trinajstić information content (AvgIpc) is 2.78. The first-order valence-electron chi connectivity index (χ1n) is 5.65. The number of carbonyl (C=O) groups is 1. The van der Waals surface area contributed by atoms with Gasteiger partial charge in [-0.25, -0.2) is 4.39 Å². The van der Waals surface area contributed by atoms with E-state index in [-0.39, 0.29) is 5.91 Å². The maximum atomic E-state index is 13.0. The van der Waals surface area contributed by atoms with Crippen LogP contribution in [-0.4, -0.2) is 5.91 Å². The normalized spacial score (nSPS) is 17.4. The third-order valence-corrected chi connectivity index (χ3v) is 3.19. The largest absolute Gasteiger partial charge is 0.325 e. The fraction of sp³-hybridized carbons (Fsp3) is 0.385. The molecule has 1 N–H and O–H groups in total. The van der Waals surface area contributed by atoms with Gasteiger partial charge >= 0.3 is 0 Å². The van der Waals surface area contributed by atoms with Crippen LogP contribution in [-0.2, 0) is 4.79 Å². The maximum absolute atomic E-state index is 13.0. The highest BCUT2D eigenvalue weighted by molar-refractivity contribution is 5.97. The van der Waals surface area contributed by atoms with Crippen LogP contribution in [0.2, 0.25) is 0 Å². The van der Waals surface area contributed by atoms with E-state index in [1.54, 1.807) is 6.07 Å². The summed E-state index contributed by atoms with van der Waals surface area (Å²) >= 11 is 0. The second kappa shape index (κ2) is 4.54. The molecule has 2 rings (SSSR count). The Kier molecular flexibility index (Phi) is 3.10. The number of hydrogen-bond acceptors (Lipinski definition) is 2. The van der Waals surface area contributed by atoms with E-state index < -0.39 is 11.2 Å². The highest BCUT2D eigenvalue weighted by Crippen LogP contribution is 2.38. The summed E-state index contributed by atoms with van der Waals surface area (Å²) in [5.41, 5.74) is -0.525. The van der Waals surface area contributed by atoms with E-state index in [2.05, 4.69) is 11.4 Å². The van der Waals surface area contributed by atoms with Gasteiger partial charge in [-0.15, -0.1) is 0 Å². The van der Waals surface area contributed by atoms with E-state index in [0.717, 1.165) is 12.8 Å². The third-order valence-electron chi connectivity index (χ3n) is 3.19. The topological polar surface area (TPSA) is 52.9 Å². The molecule has 0 saturated heterocycles. The lowest BCUT2D eigenvalue weighted by atomic mass is 9.87. The van der Waals surface area contributed by atoms with Gasteiger partial charge in [-0.05, 0) is 31.0 Å². The van der Waals surface area contributed by atoms with E-state index in [9.17, 15) is 9.18 Å². The second-order valence-corrected chi connectivity index (χ2v) is 4.37. The standard InChI is InChI=1S/C13H13FN2O/c14-10-4-3-5-11(8-10)16-12(17)13(9-15)6-1-2-7-13/h3-5,8H,1-2,6-7H2,(H,16,17). The summed E-state index contributed by atoms with van der Waals surface area (Å²) < 4.78 is 13.0. The van der Waals surface area contributed by atoms with Crippen LogP contribution in [0.1, 0.15) is 25.7 Å². The Bertz CT molecular complexity index is 473. The number of amides is 1. The van der Waals surface area contributed by atoms with Crippen molar-refractivity contribution in [2.75, 3.05) is 5.32 Å². The summed E-state index contributed by atoms with van der Waals surface area (Å²) in [5.74, 6) is -0.719. The molecule has 1 fully saturated rings. The quantitative estimate of drug-likeness (QED) is 0.852. The summed E-state index contributed by atoms with van der Waals surface area (Å²) in [6.45, 7) is 0. The van der Waals surface area contributed by atoms with Gasteiger partial charge in [-0.1, -0.05) is 18.9 Å². The van der Waals surface area contributed by atoms with E-state index in [1.165, 1.54) is 18.2 Å². The van der Waals surface area contributed by atoms with Crippen molar-refractivity contribution in [3.05, 3.63) is 30.1 Å². The van der Waals surface area contributed by atoms with E-state index in [1.807, 2.05) is 0 Å². The zero-order chi connectivity index (χ0) is 12.3. The smallest absolute Gasteiger partial charge is 0.244 e. The Morgan fingerprint density at radius 1 is 1.41 bits per heavy atom. The number of nitrogens with one attached hydrogen (secondary N) is 1. The molecule has 3 nitrogen and oxygen atoms in total. The number of anilines is 1. The van der Waals surface area contributed by atoms with E-state index in [0.29, 0.717) is 18.5 Å². The van der Waals surface area contributed by atoms with Crippen LogP contribution in [0, 0.1) is 22.6 Å². The lowest BCUT2D eigenvalue weighted by molar-refractivity contribution is -0.122. The minimum atomic E-state index is -0.924. The van der Waals surface area contributed by atoms with Crippen molar-refractivity contribution in [2.24, 2.45) is 5.41 Å². The fourth-order valence-corrected chi connectivity index (χ4v) is 2.19. The molecule has 4 heteroatoms. The van der Waals surface area contributed by atoms with Crippen molar-refractivity contribution in [1.29, 1.82) is 5.26 Å². The Hall–Kier alpha value is -1.89. The number of carbonyl (C=O) groups excluding carboxylic acids is 1. The summed E-state index contributed by atoms with van der Waals surface area (Å²) in [6.07, 6.45) is 2.96. The van der Waals surface area contributed by atoms with Gasteiger partial charge in [0.05, 0.1) is 6.07 Å². The minimum Gasteiger partial charge on any atom is -0.325 e. The highest BCUT2D eigenvalue weighted by atomic mass is 19.1. The molecule has 0 aliphatic heterocycles. The average molecular weight is 232 g/mol. The van der Waals surface area contributed by atoms with Crippen molar-refractivity contribution in [3.8, 4) is 6.07 Å².